The third-order valence-corrected chi connectivity index (χ3v) is 6.09. The van der Waals surface area contributed by atoms with Crippen molar-refractivity contribution >= 4 is 27.4 Å². The summed E-state index contributed by atoms with van der Waals surface area (Å²) in [6, 6.07) is 11.1. The topological polar surface area (TPSA) is 32.3 Å². The van der Waals surface area contributed by atoms with Crippen molar-refractivity contribution in [2.75, 3.05) is 25.0 Å². The molecular weight excluding hydrogens is 328 g/mol. The number of benzene rings is 1. The molecule has 0 amide bonds. The van der Waals surface area contributed by atoms with Gasteiger partial charge < -0.3 is 4.90 Å². The van der Waals surface area contributed by atoms with E-state index in [0.717, 1.165) is 24.7 Å². The zero-order valence-corrected chi connectivity index (χ0v) is 15.7. The fourth-order valence-corrected chi connectivity index (χ4v) is 4.61. The fraction of sp³-hybridized carbons (Fsp3) is 0.400. The number of likely N-dealkylation sites (tertiary alicyclic amines) is 1. The maximum Gasteiger partial charge on any atom is 0.225 e. The summed E-state index contributed by atoms with van der Waals surface area (Å²) in [5, 5.41) is 3.73. The molecule has 1 saturated heterocycles. The molecule has 1 unspecified atom stereocenters. The summed E-state index contributed by atoms with van der Waals surface area (Å²) in [7, 11) is 2.13. The Labute approximate surface area is 153 Å². The highest BCUT2D eigenvalue weighted by Crippen LogP contribution is 2.28. The highest BCUT2D eigenvalue weighted by molar-refractivity contribution is 7.17. The number of piperidine rings is 1. The van der Waals surface area contributed by atoms with Crippen molar-refractivity contribution in [2.45, 2.75) is 32.4 Å². The molecule has 1 atom stereocenters. The first kappa shape index (κ1) is 16.5. The van der Waals surface area contributed by atoms with Crippen LogP contribution in [0.1, 0.15) is 24.1 Å². The Kier molecular flexibility index (Phi) is 4.68. The fourth-order valence-electron chi connectivity index (χ4n) is 3.66. The van der Waals surface area contributed by atoms with Crippen molar-refractivity contribution in [2.24, 2.45) is 0 Å². The highest BCUT2D eigenvalue weighted by Gasteiger charge is 2.25. The van der Waals surface area contributed by atoms with Crippen LogP contribution in [-0.4, -0.2) is 41.0 Å². The van der Waals surface area contributed by atoms with Crippen LogP contribution in [0, 0.1) is 6.92 Å². The van der Waals surface area contributed by atoms with Crippen molar-refractivity contribution in [3.8, 4) is 0 Å². The van der Waals surface area contributed by atoms with Gasteiger partial charge in [0.25, 0.3) is 0 Å². The summed E-state index contributed by atoms with van der Waals surface area (Å²) in [4.78, 5) is 13.9. The summed E-state index contributed by atoms with van der Waals surface area (Å²) < 4.78 is 1.39. The number of fused-ring (bicyclic) bond motifs is 1. The number of likely N-dealkylation sites (N-methyl/N-ethyl adjacent to an activating group) is 1. The highest BCUT2D eigenvalue weighted by atomic mass is 32.1. The molecule has 0 radical (unpaired) electrons. The molecule has 0 bridgehead atoms. The SMILES string of the molecule is Cc1ccnc(N(C)C2CCCN(Cc3csc4ccccc34)C2)n1. The summed E-state index contributed by atoms with van der Waals surface area (Å²) in [6.45, 7) is 5.29. The number of anilines is 1. The van der Waals surface area contributed by atoms with Crippen LogP contribution in [0.15, 0.2) is 41.9 Å². The Bertz CT molecular complexity index is 860. The molecule has 4 nitrogen and oxygen atoms in total. The molecule has 4 rings (SSSR count). The van der Waals surface area contributed by atoms with Gasteiger partial charge in [-0.05, 0) is 54.8 Å². The smallest absolute Gasteiger partial charge is 0.225 e. The second-order valence-electron chi connectivity index (χ2n) is 6.90. The first-order valence-electron chi connectivity index (χ1n) is 8.90. The van der Waals surface area contributed by atoms with Gasteiger partial charge in [-0.3, -0.25) is 4.90 Å². The average Bonchev–Trinajstić information content (AvgIpc) is 3.04. The summed E-state index contributed by atoms with van der Waals surface area (Å²) in [6.07, 6.45) is 4.28. The molecule has 2 aromatic heterocycles. The predicted molar refractivity (Wildman–Crippen MR) is 105 cm³/mol. The van der Waals surface area contributed by atoms with Crippen molar-refractivity contribution in [3.63, 3.8) is 0 Å². The van der Waals surface area contributed by atoms with E-state index in [9.17, 15) is 0 Å². The number of rotatable bonds is 4. The van der Waals surface area contributed by atoms with Crippen molar-refractivity contribution in [3.05, 3.63) is 53.2 Å². The Hall–Kier alpha value is -1.98. The molecular formula is C20H24N4S. The lowest BCUT2D eigenvalue weighted by Crippen LogP contribution is -2.46. The summed E-state index contributed by atoms with van der Waals surface area (Å²) >= 11 is 1.85. The van der Waals surface area contributed by atoms with E-state index < -0.39 is 0 Å². The molecule has 1 aliphatic rings. The van der Waals surface area contributed by atoms with E-state index in [-0.39, 0.29) is 0 Å². The number of aromatic nitrogens is 2. The second-order valence-corrected chi connectivity index (χ2v) is 7.81. The van der Waals surface area contributed by atoms with E-state index in [1.165, 1.54) is 35.0 Å². The van der Waals surface area contributed by atoms with Crippen LogP contribution < -0.4 is 4.90 Å². The number of aryl methyl sites for hydroxylation is 1. The number of hydrogen-bond donors (Lipinski definition) is 0. The maximum atomic E-state index is 4.59. The van der Waals surface area contributed by atoms with Gasteiger partial charge in [0, 0.05) is 42.8 Å². The molecule has 1 aliphatic heterocycles. The number of hydrogen-bond acceptors (Lipinski definition) is 5. The molecule has 0 aliphatic carbocycles. The van der Waals surface area contributed by atoms with Crippen LogP contribution in [0.25, 0.3) is 10.1 Å². The molecule has 0 spiro atoms. The van der Waals surface area contributed by atoms with E-state index in [2.05, 4.69) is 56.5 Å². The summed E-state index contributed by atoms with van der Waals surface area (Å²) in [5.74, 6) is 0.841. The minimum Gasteiger partial charge on any atom is -0.340 e. The Balaban J connectivity index is 1.47. The molecule has 1 fully saturated rings. The van der Waals surface area contributed by atoms with E-state index in [1.807, 2.05) is 30.5 Å². The van der Waals surface area contributed by atoms with Crippen LogP contribution in [0.4, 0.5) is 5.95 Å². The van der Waals surface area contributed by atoms with Crippen molar-refractivity contribution < 1.29 is 0 Å². The molecule has 1 aromatic carbocycles. The van der Waals surface area contributed by atoms with Crippen LogP contribution in [0.5, 0.6) is 0 Å². The van der Waals surface area contributed by atoms with Gasteiger partial charge >= 0.3 is 0 Å². The van der Waals surface area contributed by atoms with E-state index in [1.54, 1.807) is 0 Å². The van der Waals surface area contributed by atoms with Crippen LogP contribution >= 0.6 is 11.3 Å². The molecule has 0 saturated carbocycles. The Morgan fingerprint density at radius 3 is 3.04 bits per heavy atom. The van der Waals surface area contributed by atoms with Gasteiger partial charge in [0.15, 0.2) is 0 Å². The molecule has 25 heavy (non-hydrogen) atoms. The monoisotopic (exact) mass is 352 g/mol. The zero-order valence-electron chi connectivity index (χ0n) is 14.9. The van der Waals surface area contributed by atoms with Crippen LogP contribution in [0.2, 0.25) is 0 Å². The normalized spacial score (nSPS) is 18.6. The van der Waals surface area contributed by atoms with E-state index in [0.29, 0.717) is 6.04 Å². The first-order valence-corrected chi connectivity index (χ1v) is 9.78. The number of thiophene rings is 1. The maximum absolute atomic E-state index is 4.59. The molecule has 130 valence electrons. The van der Waals surface area contributed by atoms with Gasteiger partial charge in [0.2, 0.25) is 5.95 Å². The summed E-state index contributed by atoms with van der Waals surface area (Å²) in [5.41, 5.74) is 2.48. The van der Waals surface area contributed by atoms with Gasteiger partial charge in [-0.25, -0.2) is 9.97 Å². The lowest BCUT2D eigenvalue weighted by Gasteiger charge is -2.37. The third kappa shape index (κ3) is 3.53. The quantitative estimate of drug-likeness (QED) is 0.708. The number of nitrogens with zero attached hydrogens (tertiary/aromatic N) is 4. The standard InChI is InChI=1S/C20H24N4S/c1-15-9-10-21-20(22-15)23(2)17-6-5-11-24(13-17)12-16-14-25-19-8-4-3-7-18(16)19/h3-4,7-10,14,17H,5-6,11-13H2,1-2H3. The largest absolute Gasteiger partial charge is 0.340 e. The molecule has 3 heterocycles. The molecule has 3 aromatic rings. The minimum atomic E-state index is 0.473. The molecule has 0 N–H and O–H groups in total. The Morgan fingerprint density at radius 1 is 1.28 bits per heavy atom. The Morgan fingerprint density at radius 2 is 2.16 bits per heavy atom. The van der Waals surface area contributed by atoms with E-state index in [4.69, 9.17) is 0 Å². The lowest BCUT2D eigenvalue weighted by atomic mass is 10.0. The second kappa shape index (κ2) is 7.10. The van der Waals surface area contributed by atoms with Crippen LogP contribution in [0.3, 0.4) is 0 Å². The minimum absolute atomic E-state index is 0.473. The average molecular weight is 353 g/mol. The third-order valence-electron chi connectivity index (χ3n) is 5.08. The zero-order chi connectivity index (χ0) is 17.2. The van der Waals surface area contributed by atoms with Gasteiger partial charge in [-0.1, -0.05) is 18.2 Å². The van der Waals surface area contributed by atoms with Gasteiger partial charge in [0.1, 0.15) is 0 Å². The van der Waals surface area contributed by atoms with Gasteiger partial charge in [-0.15, -0.1) is 11.3 Å². The van der Waals surface area contributed by atoms with Crippen molar-refractivity contribution in [1.29, 1.82) is 0 Å². The van der Waals surface area contributed by atoms with Gasteiger partial charge in [0.05, 0.1) is 0 Å². The van der Waals surface area contributed by atoms with Crippen LogP contribution in [-0.2, 0) is 6.54 Å². The van der Waals surface area contributed by atoms with E-state index >= 15 is 0 Å². The first-order chi connectivity index (χ1) is 12.2. The lowest BCUT2D eigenvalue weighted by molar-refractivity contribution is 0.199. The predicted octanol–water partition coefficient (Wildman–Crippen LogP) is 4.10. The van der Waals surface area contributed by atoms with Crippen molar-refractivity contribution in [1.82, 2.24) is 14.9 Å². The van der Waals surface area contributed by atoms with Gasteiger partial charge in [-0.2, -0.15) is 0 Å². The molecule has 5 heteroatoms.